The van der Waals surface area contributed by atoms with Gasteiger partial charge in [-0.15, -0.1) is 0 Å². The fraction of sp³-hybridized carbons (Fsp3) is 0.105. The van der Waals surface area contributed by atoms with E-state index in [1.54, 1.807) is 12.5 Å². The zero-order valence-electron chi connectivity index (χ0n) is 13.8. The number of fused-ring (bicyclic) bond motifs is 1. The van der Waals surface area contributed by atoms with Gasteiger partial charge in [-0.1, -0.05) is 30.3 Å². The van der Waals surface area contributed by atoms with Crippen molar-refractivity contribution in [3.05, 3.63) is 72.7 Å². The molecule has 0 amide bonds. The molecule has 0 aliphatic rings. The number of nitrogens with two attached hydrogens (primary N) is 1. The Morgan fingerprint density at radius 2 is 1.88 bits per heavy atom. The lowest BCUT2D eigenvalue weighted by atomic mass is 10.1. The van der Waals surface area contributed by atoms with Gasteiger partial charge in [0.1, 0.15) is 12.1 Å². The van der Waals surface area contributed by atoms with E-state index in [1.165, 1.54) is 5.56 Å². The number of nitrogens with zero attached hydrogens (tertiary/aromatic N) is 4. The van der Waals surface area contributed by atoms with E-state index in [2.05, 4.69) is 39.3 Å². The predicted molar refractivity (Wildman–Crippen MR) is 99.6 cm³/mol. The van der Waals surface area contributed by atoms with Crippen LogP contribution in [0.2, 0.25) is 0 Å². The molecule has 6 heteroatoms. The average molecular weight is 330 g/mol. The number of rotatable bonds is 4. The van der Waals surface area contributed by atoms with Gasteiger partial charge in [0.15, 0.2) is 0 Å². The highest BCUT2D eigenvalue weighted by Gasteiger charge is 2.10. The highest BCUT2D eigenvalue weighted by Crippen LogP contribution is 2.21. The standard InChI is InChI=1S/C19H18N6/c1-13(14-5-3-2-4-6-14)23-19-21-10-9-18(24-19)25-12-22-16-8-7-15(20)11-17(16)25/h2-13H,20H2,1H3,(H,21,23,24). The molecule has 0 saturated carbocycles. The summed E-state index contributed by atoms with van der Waals surface area (Å²) >= 11 is 0. The van der Waals surface area contributed by atoms with Crippen LogP contribution in [-0.2, 0) is 0 Å². The van der Waals surface area contributed by atoms with Crippen molar-refractivity contribution in [3.63, 3.8) is 0 Å². The van der Waals surface area contributed by atoms with Crippen molar-refractivity contribution in [2.75, 3.05) is 11.1 Å². The maximum Gasteiger partial charge on any atom is 0.225 e. The number of nitrogens with one attached hydrogen (secondary N) is 1. The lowest BCUT2D eigenvalue weighted by Crippen LogP contribution is -2.10. The quantitative estimate of drug-likeness (QED) is 0.559. The van der Waals surface area contributed by atoms with E-state index in [-0.39, 0.29) is 6.04 Å². The summed E-state index contributed by atoms with van der Waals surface area (Å²) in [6, 6.07) is 17.8. The smallest absolute Gasteiger partial charge is 0.225 e. The molecule has 4 rings (SSSR count). The number of aromatic nitrogens is 4. The second-order valence-electron chi connectivity index (χ2n) is 5.88. The lowest BCUT2D eigenvalue weighted by molar-refractivity contribution is 0.854. The molecular weight excluding hydrogens is 312 g/mol. The molecule has 0 aliphatic carbocycles. The second kappa shape index (κ2) is 6.24. The van der Waals surface area contributed by atoms with Gasteiger partial charge in [0.25, 0.3) is 0 Å². The Kier molecular flexibility index (Phi) is 3.78. The van der Waals surface area contributed by atoms with Gasteiger partial charge >= 0.3 is 0 Å². The van der Waals surface area contributed by atoms with E-state index in [1.807, 2.05) is 47.0 Å². The van der Waals surface area contributed by atoms with Crippen LogP contribution in [0.15, 0.2) is 67.1 Å². The molecule has 2 heterocycles. The molecule has 25 heavy (non-hydrogen) atoms. The Morgan fingerprint density at radius 3 is 2.72 bits per heavy atom. The molecule has 0 saturated heterocycles. The van der Waals surface area contributed by atoms with Gasteiger partial charge in [0.2, 0.25) is 5.95 Å². The van der Waals surface area contributed by atoms with Crippen LogP contribution in [0, 0.1) is 0 Å². The Labute approximate surface area is 145 Å². The first-order valence-corrected chi connectivity index (χ1v) is 8.08. The van der Waals surface area contributed by atoms with Gasteiger partial charge in [0, 0.05) is 11.9 Å². The van der Waals surface area contributed by atoms with E-state index >= 15 is 0 Å². The van der Waals surface area contributed by atoms with Crippen molar-refractivity contribution in [1.82, 2.24) is 19.5 Å². The number of imidazole rings is 1. The summed E-state index contributed by atoms with van der Waals surface area (Å²) < 4.78 is 1.91. The number of nitrogen functional groups attached to an aromatic ring is 1. The van der Waals surface area contributed by atoms with Crippen molar-refractivity contribution in [1.29, 1.82) is 0 Å². The van der Waals surface area contributed by atoms with Crippen LogP contribution in [0.3, 0.4) is 0 Å². The van der Waals surface area contributed by atoms with E-state index in [0.717, 1.165) is 16.9 Å². The minimum atomic E-state index is 0.103. The van der Waals surface area contributed by atoms with Crippen molar-refractivity contribution in [2.24, 2.45) is 0 Å². The number of hydrogen-bond acceptors (Lipinski definition) is 5. The van der Waals surface area contributed by atoms with Crippen molar-refractivity contribution >= 4 is 22.7 Å². The third-order valence-electron chi connectivity index (χ3n) is 4.10. The highest BCUT2D eigenvalue weighted by atomic mass is 15.2. The van der Waals surface area contributed by atoms with Crippen molar-refractivity contribution in [3.8, 4) is 5.82 Å². The maximum absolute atomic E-state index is 5.90. The summed E-state index contributed by atoms with van der Waals surface area (Å²) in [4.78, 5) is 13.4. The normalized spacial score (nSPS) is 12.2. The van der Waals surface area contributed by atoms with Crippen LogP contribution in [0.5, 0.6) is 0 Å². The third kappa shape index (κ3) is 3.01. The molecule has 0 bridgehead atoms. The van der Waals surface area contributed by atoms with Crippen LogP contribution >= 0.6 is 0 Å². The molecular formula is C19H18N6. The molecule has 124 valence electrons. The molecule has 0 fully saturated rings. The molecule has 4 aromatic rings. The van der Waals surface area contributed by atoms with E-state index in [4.69, 9.17) is 5.73 Å². The lowest BCUT2D eigenvalue weighted by Gasteiger charge is -2.14. The molecule has 6 nitrogen and oxygen atoms in total. The SMILES string of the molecule is CC(Nc1nccc(-n2cnc3ccc(N)cc32)n1)c1ccccc1. The van der Waals surface area contributed by atoms with Gasteiger partial charge < -0.3 is 11.1 Å². The Morgan fingerprint density at radius 1 is 1.04 bits per heavy atom. The summed E-state index contributed by atoms with van der Waals surface area (Å²) in [5.74, 6) is 1.31. The summed E-state index contributed by atoms with van der Waals surface area (Å²) in [7, 11) is 0. The van der Waals surface area contributed by atoms with E-state index < -0.39 is 0 Å². The molecule has 0 radical (unpaired) electrons. The zero-order chi connectivity index (χ0) is 17.2. The average Bonchev–Trinajstić information content (AvgIpc) is 3.05. The number of anilines is 2. The van der Waals surface area contributed by atoms with Crippen LogP contribution in [0.25, 0.3) is 16.9 Å². The molecule has 0 aliphatic heterocycles. The highest BCUT2D eigenvalue weighted by molar-refractivity contribution is 5.80. The topological polar surface area (TPSA) is 81.7 Å². The zero-order valence-corrected chi connectivity index (χ0v) is 13.8. The largest absolute Gasteiger partial charge is 0.399 e. The first kappa shape index (κ1) is 15.1. The monoisotopic (exact) mass is 330 g/mol. The Hall–Kier alpha value is -3.41. The van der Waals surface area contributed by atoms with Gasteiger partial charge in [-0.2, -0.15) is 4.98 Å². The van der Waals surface area contributed by atoms with Gasteiger partial charge in [0.05, 0.1) is 17.1 Å². The fourth-order valence-corrected chi connectivity index (χ4v) is 2.78. The molecule has 0 spiro atoms. The summed E-state index contributed by atoms with van der Waals surface area (Å²) in [5, 5.41) is 3.34. The molecule has 2 aromatic heterocycles. The van der Waals surface area contributed by atoms with Gasteiger partial charge in [-0.3, -0.25) is 4.57 Å². The minimum absolute atomic E-state index is 0.103. The number of hydrogen-bond donors (Lipinski definition) is 2. The molecule has 1 atom stereocenters. The molecule has 1 unspecified atom stereocenters. The Balaban J connectivity index is 1.66. The first-order chi connectivity index (χ1) is 12.2. The minimum Gasteiger partial charge on any atom is -0.399 e. The van der Waals surface area contributed by atoms with Crippen LogP contribution in [0.1, 0.15) is 18.5 Å². The van der Waals surface area contributed by atoms with Gasteiger partial charge in [-0.25, -0.2) is 9.97 Å². The molecule has 2 aromatic carbocycles. The van der Waals surface area contributed by atoms with Gasteiger partial charge in [-0.05, 0) is 36.8 Å². The first-order valence-electron chi connectivity index (χ1n) is 8.08. The van der Waals surface area contributed by atoms with Crippen molar-refractivity contribution < 1.29 is 0 Å². The summed E-state index contributed by atoms with van der Waals surface area (Å²) in [6.07, 6.45) is 3.48. The fourth-order valence-electron chi connectivity index (χ4n) is 2.78. The van der Waals surface area contributed by atoms with Crippen LogP contribution < -0.4 is 11.1 Å². The maximum atomic E-state index is 5.90. The summed E-state index contributed by atoms with van der Waals surface area (Å²) in [6.45, 7) is 2.08. The van der Waals surface area contributed by atoms with Crippen LogP contribution in [0.4, 0.5) is 11.6 Å². The molecule has 3 N–H and O–H groups in total. The van der Waals surface area contributed by atoms with E-state index in [0.29, 0.717) is 11.6 Å². The van der Waals surface area contributed by atoms with Crippen molar-refractivity contribution in [2.45, 2.75) is 13.0 Å². The van der Waals surface area contributed by atoms with E-state index in [9.17, 15) is 0 Å². The summed E-state index contributed by atoms with van der Waals surface area (Å²) in [5.41, 5.74) is 9.57. The predicted octanol–water partition coefficient (Wildman–Crippen LogP) is 3.57. The third-order valence-corrected chi connectivity index (χ3v) is 4.10. The van der Waals surface area contributed by atoms with Crippen LogP contribution in [-0.4, -0.2) is 19.5 Å². The Bertz CT molecular complexity index is 1010. The number of benzene rings is 2. The second-order valence-corrected chi connectivity index (χ2v) is 5.88.